The predicted octanol–water partition coefficient (Wildman–Crippen LogP) is 1.73. The number of carbonyl (C=O) groups is 1. The Kier molecular flexibility index (Phi) is 5.82. The number of nitrogens with zero attached hydrogens (tertiary/aromatic N) is 4. The molecule has 2 aromatic heterocycles. The van der Waals surface area contributed by atoms with Crippen LogP contribution in [0.5, 0.6) is 0 Å². The number of hydrogen-bond acceptors (Lipinski definition) is 7. The Morgan fingerprint density at radius 3 is 2.96 bits per heavy atom. The van der Waals surface area contributed by atoms with Crippen LogP contribution < -0.4 is 10.2 Å². The first kappa shape index (κ1) is 18.3. The van der Waals surface area contributed by atoms with Gasteiger partial charge in [0, 0.05) is 31.8 Å². The van der Waals surface area contributed by atoms with Crippen LogP contribution >= 0.6 is 0 Å². The SMILES string of the molecule is CC(C)c1nc(CNC(=O)c2ccc(N3CCCC(CO)C3)nc2)no1. The quantitative estimate of drug-likeness (QED) is 0.809. The number of rotatable bonds is 6. The summed E-state index contributed by atoms with van der Waals surface area (Å²) in [6.07, 6.45) is 3.66. The fourth-order valence-electron chi connectivity index (χ4n) is 2.96. The van der Waals surface area contributed by atoms with Crippen LogP contribution in [0.2, 0.25) is 0 Å². The Morgan fingerprint density at radius 1 is 1.46 bits per heavy atom. The van der Waals surface area contributed by atoms with Crippen LogP contribution in [-0.4, -0.2) is 45.8 Å². The van der Waals surface area contributed by atoms with Crippen molar-refractivity contribution in [3.8, 4) is 0 Å². The molecule has 2 N–H and O–H groups in total. The van der Waals surface area contributed by atoms with Crippen molar-refractivity contribution in [2.45, 2.75) is 39.2 Å². The van der Waals surface area contributed by atoms with E-state index >= 15 is 0 Å². The van der Waals surface area contributed by atoms with E-state index in [9.17, 15) is 9.90 Å². The standard InChI is InChI=1S/C18H25N5O3/c1-12(2)18-21-15(22-26-18)9-20-17(25)14-5-6-16(19-8-14)23-7-3-4-13(10-23)11-24/h5-6,8,12-13,24H,3-4,7,9-11H2,1-2H3,(H,20,25). The Hall–Kier alpha value is -2.48. The first-order valence-electron chi connectivity index (χ1n) is 8.99. The van der Waals surface area contributed by atoms with E-state index < -0.39 is 0 Å². The zero-order valence-electron chi connectivity index (χ0n) is 15.2. The van der Waals surface area contributed by atoms with Crippen LogP contribution in [0.4, 0.5) is 5.82 Å². The largest absolute Gasteiger partial charge is 0.396 e. The molecule has 0 aromatic carbocycles. The van der Waals surface area contributed by atoms with Gasteiger partial charge in [-0.25, -0.2) is 4.98 Å². The number of anilines is 1. The van der Waals surface area contributed by atoms with Crippen LogP contribution in [0.15, 0.2) is 22.9 Å². The number of aromatic nitrogens is 3. The summed E-state index contributed by atoms with van der Waals surface area (Å²) in [7, 11) is 0. The summed E-state index contributed by atoms with van der Waals surface area (Å²) >= 11 is 0. The van der Waals surface area contributed by atoms with Gasteiger partial charge in [-0.05, 0) is 30.9 Å². The topological polar surface area (TPSA) is 104 Å². The molecule has 8 nitrogen and oxygen atoms in total. The molecule has 26 heavy (non-hydrogen) atoms. The molecule has 0 saturated carbocycles. The molecule has 3 heterocycles. The molecular weight excluding hydrogens is 334 g/mol. The van der Waals surface area contributed by atoms with Gasteiger partial charge in [0.05, 0.1) is 12.1 Å². The second kappa shape index (κ2) is 8.27. The smallest absolute Gasteiger partial charge is 0.253 e. The maximum atomic E-state index is 12.3. The Labute approximate surface area is 152 Å². The van der Waals surface area contributed by atoms with E-state index in [0.29, 0.717) is 23.2 Å². The van der Waals surface area contributed by atoms with Crippen molar-refractivity contribution in [2.75, 3.05) is 24.6 Å². The van der Waals surface area contributed by atoms with Gasteiger partial charge in [0.2, 0.25) is 5.89 Å². The Bertz CT molecular complexity index is 729. The number of carbonyl (C=O) groups excluding carboxylic acids is 1. The molecule has 1 saturated heterocycles. The molecule has 1 fully saturated rings. The molecule has 1 atom stereocenters. The van der Waals surface area contributed by atoms with Crippen LogP contribution in [0.1, 0.15) is 54.7 Å². The molecule has 2 aromatic rings. The molecule has 3 rings (SSSR count). The maximum Gasteiger partial charge on any atom is 0.253 e. The lowest BCUT2D eigenvalue weighted by Gasteiger charge is -2.32. The molecule has 8 heteroatoms. The normalized spacial score (nSPS) is 17.5. The summed E-state index contributed by atoms with van der Waals surface area (Å²) in [6.45, 7) is 6.06. The molecule has 1 amide bonds. The van der Waals surface area contributed by atoms with Gasteiger partial charge < -0.3 is 19.8 Å². The molecule has 1 unspecified atom stereocenters. The van der Waals surface area contributed by atoms with Crippen molar-refractivity contribution in [3.63, 3.8) is 0 Å². The highest BCUT2D eigenvalue weighted by Gasteiger charge is 2.20. The number of nitrogens with one attached hydrogen (secondary N) is 1. The lowest BCUT2D eigenvalue weighted by Crippen LogP contribution is -2.37. The number of aliphatic hydroxyl groups excluding tert-OH is 1. The number of piperidine rings is 1. The zero-order chi connectivity index (χ0) is 18.5. The fraction of sp³-hybridized carbons (Fsp3) is 0.556. The average Bonchev–Trinajstić information content (AvgIpc) is 3.16. The van der Waals surface area contributed by atoms with Gasteiger partial charge in [0.15, 0.2) is 5.82 Å². The third kappa shape index (κ3) is 4.37. The summed E-state index contributed by atoms with van der Waals surface area (Å²) in [5.74, 6) is 2.06. The Balaban J connectivity index is 1.56. The minimum absolute atomic E-state index is 0.156. The van der Waals surface area contributed by atoms with Gasteiger partial charge in [-0.15, -0.1) is 0 Å². The van der Waals surface area contributed by atoms with Gasteiger partial charge in [-0.3, -0.25) is 4.79 Å². The minimum atomic E-state index is -0.230. The van der Waals surface area contributed by atoms with Crippen LogP contribution in [0.25, 0.3) is 0 Å². The molecule has 0 spiro atoms. The van der Waals surface area contributed by atoms with E-state index in [0.717, 1.165) is 31.7 Å². The molecule has 140 valence electrons. The van der Waals surface area contributed by atoms with Crippen LogP contribution in [0.3, 0.4) is 0 Å². The lowest BCUT2D eigenvalue weighted by atomic mass is 9.99. The molecule has 0 radical (unpaired) electrons. The summed E-state index contributed by atoms with van der Waals surface area (Å²) < 4.78 is 5.12. The first-order chi connectivity index (χ1) is 12.6. The van der Waals surface area contributed by atoms with Gasteiger partial charge >= 0.3 is 0 Å². The molecule has 0 aliphatic carbocycles. The van der Waals surface area contributed by atoms with Gasteiger partial charge in [-0.1, -0.05) is 19.0 Å². The molecule has 1 aliphatic rings. The van der Waals surface area contributed by atoms with Crippen molar-refractivity contribution >= 4 is 11.7 Å². The second-order valence-corrected chi connectivity index (χ2v) is 6.93. The molecule has 0 bridgehead atoms. The van der Waals surface area contributed by atoms with Crippen LogP contribution in [0, 0.1) is 5.92 Å². The maximum absolute atomic E-state index is 12.3. The number of amides is 1. The fourth-order valence-corrected chi connectivity index (χ4v) is 2.96. The van der Waals surface area contributed by atoms with Gasteiger partial charge in [0.1, 0.15) is 5.82 Å². The summed E-state index contributed by atoms with van der Waals surface area (Å²) in [5, 5.41) is 16.0. The summed E-state index contributed by atoms with van der Waals surface area (Å²) in [4.78, 5) is 23.1. The van der Waals surface area contributed by atoms with E-state index in [2.05, 4.69) is 25.3 Å². The third-order valence-corrected chi connectivity index (χ3v) is 4.50. The number of aliphatic hydroxyl groups is 1. The zero-order valence-corrected chi connectivity index (χ0v) is 15.2. The minimum Gasteiger partial charge on any atom is -0.396 e. The molecular formula is C18H25N5O3. The van der Waals surface area contributed by atoms with Crippen molar-refractivity contribution < 1.29 is 14.4 Å². The average molecular weight is 359 g/mol. The summed E-state index contributed by atoms with van der Waals surface area (Å²) in [5.41, 5.74) is 0.483. The van der Waals surface area contributed by atoms with Crippen molar-refractivity contribution in [1.29, 1.82) is 0 Å². The van der Waals surface area contributed by atoms with Gasteiger partial charge in [-0.2, -0.15) is 4.98 Å². The van der Waals surface area contributed by atoms with Crippen LogP contribution in [-0.2, 0) is 6.54 Å². The predicted molar refractivity (Wildman–Crippen MR) is 95.8 cm³/mol. The van der Waals surface area contributed by atoms with Crippen molar-refractivity contribution in [2.24, 2.45) is 5.92 Å². The van der Waals surface area contributed by atoms with Crippen molar-refractivity contribution in [1.82, 2.24) is 20.4 Å². The lowest BCUT2D eigenvalue weighted by molar-refractivity contribution is 0.0949. The Morgan fingerprint density at radius 2 is 2.31 bits per heavy atom. The number of hydrogen-bond donors (Lipinski definition) is 2. The monoisotopic (exact) mass is 359 g/mol. The number of pyridine rings is 1. The van der Waals surface area contributed by atoms with Crippen molar-refractivity contribution in [3.05, 3.63) is 35.6 Å². The second-order valence-electron chi connectivity index (χ2n) is 6.93. The van der Waals surface area contributed by atoms with E-state index in [4.69, 9.17) is 4.52 Å². The highest BCUT2D eigenvalue weighted by molar-refractivity contribution is 5.93. The highest BCUT2D eigenvalue weighted by atomic mass is 16.5. The van der Waals surface area contributed by atoms with Gasteiger partial charge in [0.25, 0.3) is 5.91 Å². The molecule has 1 aliphatic heterocycles. The third-order valence-electron chi connectivity index (χ3n) is 4.50. The van der Waals surface area contributed by atoms with E-state index in [1.165, 1.54) is 0 Å². The van der Waals surface area contributed by atoms with E-state index in [1.807, 2.05) is 19.9 Å². The highest BCUT2D eigenvalue weighted by Crippen LogP contribution is 2.21. The first-order valence-corrected chi connectivity index (χ1v) is 8.99. The van der Waals surface area contributed by atoms with E-state index in [-0.39, 0.29) is 25.0 Å². The summed E-state index contributed by atoms with van der Waals surface area (Å²) in [6, 6.07) is 3.61. The van der Waals surface area contributed by atoms with E-state index in [1.54, 1.807) is 12.3 Å².